The smallest absolute Gasteiger partial charge is 0.0897 e. The molecule has 2 rings (SSSR count). The molecule has 0 aliphatic rings. The van der Waals surface area contributed by atoms with Crippen LogP contribution in [0.15, 0.2) is 17.8 Å². The second-order valence-electron chi connectivity index (χ2n) is 3.55. The molecule has 0 spiro atoms. The fourth-order valence-corrected chi connectivity index (χ4v) is 2.04. The summed E-state index contributed by atoms with van der Waals surface area (Å²) in [4.78, 5) is 4.39. The van der Waals surface area contributed by atoms with Gasteiger partial charge in [0.05, 0.1) is 16.9 Å². The first-order chi connectivity index (χ1) is 7.84. The molecule has 0 amide bonds. The normalized spacial score (nSPS) is 10.8. The van der Waals surface area contributed by atoms with Crippen LogP contribution >= 0.6 is 11.3 Å². The second-order valence-corrected chi connectivity index (χ2v) is 4.62. The van der Waals surface area contributed by atoms with Crippen molar-refractivity contribution in [3.63, 3.8) is 0 Å². The van der Waals surface area contributed by atoms with E-state index in [4.69, 9.17) is 0 Å². The lowest BCUT2D eigenvalue weighted by molar-refractivity contribution is 0.528. The zero-order valence-electron chi connectivity index (χ0n) is 9.26. The van der Waals surface area contributed by atoms with E-state index < -0.39 is 0 Å². The van der Waals surface area contributed by atoms with Gasteiger partial charge in [0.15, 0.2) is 0 Å². The topological polar surface area (TPSA) is 55.6 Å². The summed E-state index contributed by atoms with van der Waals surface area (Å²) in [5.74, 6) is 0. The molecule has 0 saturated carbocycles. The van der Waals surface area contributed by atoms with Crippen LogP contribution in [0.4, 0.5) is 0 Å². The first-order valence-electron chi connectivity index (χ1n) is 5.30. The van der Waals surface area contributed by atoms with E-state index in [1.807, 2.05) is 17.8 Å². The van der Waals surface area contributed by atoms with Crippen LogP contribution in [0.2, 0.25) is 0 Å². The van der Waals surface area contributed by atoms with E-state index >= 15 is 0 Å². The average Bonchev–Trinajstić information content (AvgIpc) is 2.89. The third-order valence-corrected chi connectivity index (χ3v) is 3.01. The Hall–Kier alpha value is -1.27. The molecule has 5 nitrogen and oxygen atoms in total. The van der Waals surface area contributed by atoms with Crippen molar-refractivity contribution in [1.29, 1.82) is 0 Å². The molecule has 2 aromatic heterocycles. The number of nitrogens with one attached hydrogen (secondary N) is 1. The molecule has 0 saturated heterocycles. The van der Waals surface area contributed by atoms with Crippen LogP contribution in [-0.4, -0.2) is 26.5 Å². The highest BCUT2D eigenvalue weighted by Gasteiger charge is 1.97. The fraction of sp³-hybridized carbons (Fsp3) is 0.500. The van der Waals surface area contributed by atoms with E-state index in [1.165, 1.54) is 0 Å². The van der Waals surface area contributed by atoms with E-state index in [0.717, 1.165) is 36.8 Å². The van der Waals surface area contributed by atoms with Crippen LogP contribution in [0, 0.1) is 6.92 Å². The van der Waals surface area contributed by atoms with Gasteiger partial charge >= 0.3 is 0 Å². The Balaban J connectivity index is 1.59. The third-order valence-electron chi connectivity index (χ3n) is 2.19. The molecule has 16 heavy (non-hydrogen) atoms. The zero-order chi connectivity index (χ0) is 11.2. The number of rotatable bonds is 6. The number of aromatic nitrogens is 4. The maximum atomic E-state index is 4.39. The maximum absolute atomic E-state index is 4.39. The van der Waals surface area contributed by atoms with E-state index in [2.05, 4.69) is 26.0 Å². The molecular weight excluding hydrogens is 222 g/mol. The highest BCUT2D eigenvalue weighted by Crippen LogP contribution is 2.06. The van der Waals surface area contributed by atoms with Crippen LogP contribution < -0.4 is 5.32 Å². The van der Waals surface area contributed by atoms with Crippen molar-refractivity contribution in [2.75, 3.05) is 6.54 Å². The van der Waals surface area contributed by atoms with Gasteiger partial charge in [-0.15, -0.1) is 16.4 Å². The quantitative estimate of drug-likeness (QED) is 0.768. The van der Waals surface area contributed by atoms with Crippen LogP contribution in [-0.2, 0) is 13.1 Å². The van der Waals surface area contributed by atoms with Crippen LogP contribution in [0.3, 0.4) is 0 Å². The van der Waals surface area contributed by atoms with E-state index in [-0.39, 0.29) is 0 Å². The molecule has 86 valence electrons. The van der Waals surface area contributed by atoms with Gasteiger partial charge in [0.25, 0.3) is 0 Å². The van der Waals surface area contributed by atoms with Gasteiger partial charge in [0.1, 0.15) is 0 Å². The van der Waals surface area contributed by atoms with Gasteiger partial charge in [-0.1, -0.05) is 5.21 Å². The summed E-state index contributed by atoms with van der Waals surface area (Å²) in [5, 5.41) is 14.2. The summed E-state index contributed by atoms with van der Waals surface area (Å²) in [6, 6.07) is 0. The van der Waals surface area contributed by atoms with Gasteiger partial charge in [-0.3, -0.25) is 4.68 Å². The number of hydrogen-bond donors (Lipinski definition) is 1. The van der Waals surface area contributed by atoms with Gasteiger partial charge in [0.2, 0.25) is 0 Å². The lowest BCUT2D eigenvalue weighted by Gasteiger charge is -2.02. The molecule has 6 heteroatoms. The maximum Gasteiger partial charge on any atom is 0.0897 e. The standard InChI is InChI=1S/C10H15N5S/c1-9-13-10(8-16-9)7-11-3-2-5-15-6-4-12-14-15/h4,6,8,11H,2-3,5,7H2,1H3. The van der Waals surface area contributed by atoms with Crippen LogP contribution in [0.1, 0.15) is 17.1 Å². The van der Waals surface area contributed by atoms with E-state index in [1.54, 1.807) is 17.5 Å². The van der Waals surface area contributed by atoms with Gasteiger partial charge in [0, 0.05) is 24.7 Å². The molecule has 0 radical (unpaired) electrons. The fourth-order valence-electron chi connectivity index (χ4n) is 1.42. The molecular formula is C10H15N5S. The van der Waals surface area contributed by atoms with Crippen molar-refractivity contribution >= 4 is 11.3 Å². The first-order valence-corrected chi connectivity index (χ1v) is 6.18. The summed E-state index contributed by atoms with van der Waals surface area (Å²) in [7, 11) is 0. The predicted octanol–water partition coefficient (Wildman–Crippen LogP) is 1.22. The minimum Gasteiger partial charge on any atom is -0.311 e. The Kier molecular flexibility index (Phi) is 4.01. The molecule has 0 bridgehead atoms. The summed E-state index contributed by atoms with van der Waals surface area (Å²) >= 11 is 1.69. The molecule has 0 aliphatic heterocycles. The summed E-state index contributed by atoms with van der Waals surface area (Å²) in [5.41, 5.74) is 1.13. The SMILES string of the molecule is Cc1nc(CNCCCn2ccnn2)cs1. The van der Waals surface area contributed by atoms with Crippen LogP contribution in [0.5, 0.6) is 0 Å². The van der Waals surface area contributed by atoms with Crippen molar-refractivity contribution < 1.29 is 0 Å². The molecule has 0 aromatic carbocycles. The van der Waals surface area contributed by atoms with E-state index in [9.17, 15) is 0 Å². The minimum absolute atomic E-state index is 0.849. The van der Waals surface area contributed by atoms with Crippen molar-refractivity contribution in [2.24, 2.45) is 0 Å². The lowest BCUT2D eigenvalue weighted by Crippen LogP contribution is -2.16. The molecule has 0 atom stereocenters. The van der Waals surface area contributed by atoms with Crippen molar-refractivity contribution in [1.82, 2.24) is 25.3 Å². The van der Waals surface area contributed by atoms with Gasteiger partial charge in [-0.25, -0.2) is 4.98 Å². The highest BCUT2D eigenvalue weighted by molar-refractivity contribution is 7.09. The summed E-state index contributed by atoms with van der Waals surface area (Å²) in [6.45, 7) is 4.75. The molecule has 1 N–H and O–H groups in total. The van der Waals surface area contributed by atoms with Gasteiger partial charge in [-0.05, 0) is 19.9 Å². The first kappa shape index (κ1) is 11.2. The van der Waals surface area contributed by atoms with Gasteiger partial charge in [-0.2, -0.15) is 0 Å². The average molecular weight is 237 g/mol. The summed E-state index contributed by atoms with van der Waals surface area (Å²) < 4.78 is 1.84. The molecule has 0 fully saturated rings. The second kappa shape index (κ2) is 5.72. The minimum atomic E-state index is 0.849. The van der Waals surface area contributed by atoms with E-state index in [0.29, 0.717) is 0 Å². The Morgan fingerprint density at radius 3 is 3.12 bits per heavy atom. The molecule has 0 unspecified atom stereocenters. The highest BCUT2D eigenvalue weighted by atomic mass is 32.1. The Bertz CT molecular complexity index is 409. The third kappa shape index (κ3) is 3.39. The monoisotopic (exact) mass is 237 g/mol. The molecule has 2 aromatic rings. The van der Waals surface area contributed by atoms with Crippen LogP contribution in [0.25, 0.3) is 0 Å². The number of aryl methyl sites for hydroxylation is 2. The number of nitrogens with zero attached hydrogens (tertiary/aromatic N) is 4. The predicted molar refractivity (Wildman–Crippen MR) is 63.2 cm³/mol. The Labute approximate surface area is 98.5 Å². The van der Waals surface area contributed by atoms with Crippen molar-refractivity contribution in [2.45, 2.75) is 26.4 Å². The Morgan fingerprint density at radius 1 is 1.50 bits per heavy atom. The van der Waals surface area contributed by atoms with Crippen molar-refractivity contribution in [3.05, 3.63) is 28.5 Å². The van der Waals surface area contributed by atoms with Gasteiger partial charge < -0.3 is 5.32 Å². The molecule has 0 aliphatic carbocycles. The number of hydrogen-bond acceptors (Lipinski definition) is 5. The number of thiazole rings is 1. The zero-order valence-corrected chi connectivity index (χ0v) is 10.1. The lowest BCUT2D eigenvalue weighted by atomic mass is 10.4. The molecule has 2 heterocycles. The largest absolute Gasteiger partial charge is 0.311 e. The Morgan fingerprint density at radius 2 is 2.44 bits per heavy atom. The van der Waals surface area contributed by atoms with Crippen molar-refractivity contribution in [3.8, 4) is 0 Å². The summed E-state index contributed by atoms with van der Waals surface area (Å²) in [6.07, 6.45) is 4.63.